The average Bonchev–Trinajstić information content (AvgIpc) is 2.77. The van der Waals surface area contributed by atoms with Crippen molar-refractivity contribution in [2.45, 2.75) is 13.8 Å². The molecule has 0 aliphatic heterocycles. The number of carbonyl (C=O) groups excluding carboxylic acids is 1. The van der Waals surface area contributed by atoms with Gasteiger partial charge in [-0.1, -0.05) is 6.07 Å². The molecule has 1 aromatic heterocycles. The van der Waals surface area contributed by atoms with Gasteiger partial charge in [-0.3, -0.25) is 0 Å². The standard InChI is InChI=1S/C13H13NO2S/c1-8-9(2)12(4-3-11(8)13(15)16)14-10-5-6-17-7-10/h3-7,14H,1-2H3,(H,15,16)/p-1. The summed E-state index contributed by atoms with van der Waals surface area (Å²) in [6, 6.07) is 5.32. The van der Waals surface area contributed by atoms with Crippen LogP contribution in [0.5, 0.6) is 0 Å². The highest BCUT2D eigenvalue weighted by molar-refractivity contribution is 7.08. The van der Waals surface area contributed by atoms with E-state index < -0.39 is 5.97 Å². The predicted octanol–water partition coefficient (Wildman–Crippen LogP) is 2.47. The van der Waals surface area contributed by atoms with Crippen LogP contribution in [0.1, 0.15) is 21.5 Å². The molecule has 0 unspecified atom stereocenters. The summed E-state index contributed by atoms with van der Waals surface area (Å²) in [4.78, 5) is 10.9. The second-order valence-corrected chi connectivity index (χ2v) is 4.62. The summed E-state index contributed by atoms with van der Waals surface area (Å²) >= 11 is 1.61. The van der Waals surface area contributed by atoms with Crippen molar-refractivity contribution in [3.63, 3.8) is 0 Å². The number of anilines is 2. The first-order valence-corrected chi connectivity index (χ1v) is 6.14. The highest BCUT2D eigenvalue weighted by Crippen LogP contribution is 2.26. The van der Waals surface area contributed by atoms with Crippen LogP contribution < -0.4 is 10.4 Å². The van der Waals surface area contributed by atoms with Gasteiger partial charge in [-0.15, -0.1) is 0 Å². The molecule has 3 nitrogen and oxygen atoms in total. The Kier molecular flexibility index (Phi) is 3.15. The lowest BCUT2D eigenvalue weighted by atomic mass is 10.0. The van der Waals surface area contributed by atoms with Crippen LogP contribution in [0.3, 0.4) is 0 Å². The van der Waals surface area contributed by atoms with Crippen molar-refractivity contribution in [1.82, 2.24) is 0 Å². The van der Waals surface area contributed by atoms with Crippen LogP contribution in [0.25, 0.3) is 0 Å². The van der Waals surface area contributed by atoms with Crippen molar-refractivity contribution in [2.75, 3.05) is 5.32 Å². The van der Waals surface area contributed by atoms with Gasteiger partial charge >= 0.3 is 0 Å². The zero-order valence-corrected chi connectivity index (χ0v) is 10.4. The number of aromatic carboxylic acids is 1. The summed E-state index contributed by atoms with van der Waals surface area (Å²) < 4.78 is 0. The van der Waals surface area contributed by atoms with E-state index >= 15 is 0 Å². The monoisotopic (exact) mass is 246 g/mol. The van der Waals surface area contributed by atoms with Crippen LogP contribution in [0.15, 0.2) is 29.0 Å². The maximum absolute atomic E-state index is 10.9. The van der Waals surface area contributed by atoms with Gasteiger partial charge in [0.05, 0.1) is 5.97 Å². The van der Waals surface area contributed by atoms with E-state index in [0.29, 0.717) is 0 Å². The maximum Gasteiger partial charge on any atom is 0.0718 e. The highest BCUT2D eigenvalue weighted by atomic mass is 32.1. The van der Waals surface area contributed by atoms with Crippen LogP contribution in [0.2, 0.25) is 0 Å². The fourth-order valence-electron chi connectivity index (χ4n) is 1.67. The summed E-state index contributed by atoms with van der Waals surface area (Å²) in [6.07, 6.45) is 0. The fourth-order valence-corrected chi connectivity index (χ4v) is 2.26. The topological polar surface area (TPSA) is 52.2 Å². The lowest BCUT2D eigenvalue weighted by Crippen LogP contribution is -2.23. The molecule has 1 aromatic carbocycles. The van der Waals surface area contributed by atoms with Crippen LogP contribution >= 0.6 is 11.3 Å². The number of hydrogen-bond acceptors (Lipinski definition) is 4. The Balaban J connectivity index is 2.37. The van der Waals surface area contributed by atoms with E-state index in [9.17, 15) is 9.90 Å². The lowest BCUT2D eigenvalue weighted by molar-refractivity contribution is -0.255. The van der Waals surface area contributed by atoms with E-state index in [4.69, 9.17) is 0 Å². The Morgan fingerprint density at radius 2 is 2.00 bits per heavy atom. The van der Waals surface area contributed by atoms with Gasteiger partial charge in [0.15, 0.2) is 0 Å². The second-order valence-electron chi connectivity index (χ2n) is 3.84. The Morgan fingerprint density at radius 1 is 1.24 bits per heavy atom. The number of thiophene rings is 1. The van der Waals surface area contributed by atoms with E-state index in [1.165, 1.54) is 0 Å². The Labute approximate surface area is 104 Å². The molecule has 0 amide bonds. The number of rotatable bonds is 3. The number of carboxylic acids is 1. The molecule has 2 aromatic rings. The van der Waals surface area contributed by atoms with Gasteiger partial charge < -0.3 is 15.2 Å². The molecule has 0 spiro atoms. The van der Waals surface area contributed by atoms with Crippen LogP contribution in [-0.4, -0.2) is 5.97 Å². The molecule has 1 heterocycles. The smallest absolute Gasteiger partial charge is 0.0718 e. The lowest BCUT2D eigenvalue weighted by Gasteiger charge is -2.14. The number of benzene rings is 1. The zero-order valence-electron chi connectivity index (χ0n) is 9.61. The van der Waals surface area contributed by atoms with Crippen molar-refractivity contribution in [3.8, 4) is 0 Å². The molecule has 0 fully saturated rings. The fraction of sp³-hybridized carbons (Fsp3) is 0.154. The van der Waals surface area contributed by atoms with Crippen LogP contribution in [-0.2, 0) is 0 Å². The minimum Gasteiger partial charge on any atom is -0.545 e. The Hall–Kier alpha value is -1.81. The molecule has 0 aliphatic carbocycles. The Morgan fingerprint density at radius 3 is 2.59 bits per heavy atom. The van der Waals surface area contributed by atoms with Crippen molar-refractivity contribution < 1.29 is 9.90 Å². The number of hydrogen-bond donors (Lipinski definition) is 1. The van der Waals surface area contributed by atoms with Crippen molar-refractivity contribution in [2.24, 2.45) is 0 Å². The summed E-state index contributed by atoms with van der Waals surface area (Å²) in [6.45, 7) is 3.69. The molecule has 0 bridgehead atoms. The second kappa shape index (κ2) is 4.59. The number of nitrogens with one attached hydrogen (secondary N) is 1. The average molecular weight is 246 g/mol. The largest absolute Gasteiger partial charge is 0.545 e. The molecule has 0 saturated carbocycles. The van der Waals surface area contributed by atoms with Crippen molar-refractivity contribution in [1.29, 1.82) is 0 Å². The SMILES string of the molecule is Cc1c(Nc2ccsc2)ccc(C(=O)[O-])c1C. The molecule has 1 N–H and O–H groups in total. The van der Waals surface area contributed by atoms with E-state index in [2.05, 4.69) is 5.32 Å². The third-order valence-corrected chi connectivity index (χ3v) is 3.49. The van der Waals surface area contributed by atoms with Gasteiger partial charge in [-0.25, -0.2) is 0 Å². The quantitative estimate of drug-likeness (QED) is 0.905. The molecule has 0 radical (unpaired) electrons. The molecular formula is C13H12NO2S-. The van der Waals surface area contributed by atoms with Crippen molar-refractivity contribution in [3.05, 3.63) is 45.6 Å². The maximum atomic E-state index is 10.9. The summed E-state index contributed by atoms with van der Waals surface area (Å²) in [5.74, 6) is -1.13. The van der Waals surface area contributed by atoms with E-state index in [1.54, 1.807) is 30.4 Å². The van der Waals surface area contributed by atoms with Gasteiger partial charge in [0.25, 0.3) is 0 Å². The zero-order chi connectivity index (χ0) is 12.4. The third kappa shape index (κ3) is 2.31. The van der Waals surface area contributed by atoms with E-state index in [0.717, 1.165) is 22.5 Å². The molecule has 2 rings (SSSR count). The number of carboxylic acid groups (broad SMARTS) is 1. The molecule has 4 heteroatoms. The van der Waals surface area contributed by atoms with Gasteiger partial charge in [-0.05, 0) is 42.5 Å². The normalized spacial score (nSPS) is 10.2. The molecular weight excluding hydrogens is 234 g/mol. The summed E-state index contributed by atoms with van der Waals surface area (Å²) in [5.41, 5.74) is 3.85. The predicted molar refractivity (Wildman–Crippen MR) is 67.8 cm³/mol. The van der Waals surface area contributed by atoms with Gasteiger partial charge in [0.2, 0.25) is 0 Å². The first-order valence-electron chi connectivity index (χ1n) is 5.20. The first-order chi connectivity index (χ1) is 8.09. The third-order valence-electron chi connectivity index (χ3n) is 2.81. The molecule has 0 saturated heterocycles. The van der Waals surface area contributed by atoms with Crippen LogP contribution in [0, 0.1) is 13.8 Å². The molecule has 17 heavy (non-hydrogen) atoms. The van der Waals surface area contributed by atoms with E-state index in [-0.39, 0.29) is 5.56 Å². The van der Waals surface area contributed by atoms with Gasteiger partial charge in [0, 0.05) is 22.3 Å². The summed E-state index contributed by atoms with van der Waals surface area (Å²) in [5, 5.41) is 18.1. The summed E-state index contributed by atoms with van der Waals surface area (Å²) in [7, 11) is 0. The van der Waals surface area contributed by atoms with Gasteiger partial charge in [-0.2, -0.15) is 11.3 Å². The minimum absolute atomic E-state index is 0.248. The van der Waals surface area contributed by atoms with Gasteiger partial charge in [0.1, 0.15) is 0 Å². The molecule has 0 aliphatic rings. The van der Waals surface area contributed by atoms with Crippen LogP contribution in [0.4, 0.5) is 11.4 Å². The first kappa shape index (κ1) is 11.7. The van der Waals surface area contributed by atoms with Crippen molar-refractivity contribution >= 4 is 28.7 Å². The minimum atomic E-state index is -1.13. The Bertz CT molecular complexity index is 547. The van der Waals surface area contributed by atoms with E-state index in [1.807, 2.05) is 23.8 Å². The molecule has 0 atom stereocenters. The highest BCUT2D eigenvalue weighted by Gasteiger charge is 2.07. The number of carbonyl (C=O) groups is 1. The molecule has 88 valence electrons.